The lowest BCUT2D eigenvalue weighted by molar-refractivity contribution is 0.0743. The predicted octanol–water partition coefficient (Wildman–Crippen LogP) is 3.16. The molecule has 0 aliphatic heterocycles. The van der Waals surface area contributed by atoms with Gasteiger partial charge < -0.3 is 9.42 Å². The third-order valence-electron chi connectivity index (χ3n) is 4.34. The monoisotopic (exact) mass is 317 g/mol. The van der Waals surface area contributed by atoms with Gasteiger partial charge in [-0.1, -0.05) is 5.16 Å². The summed E-state index contributed by atoms with van der Waals surface area (Å²) < 4.78 is 5.21. The first kappa shape index (κ1) is 13.9. The van der Waals surface area contributed by atoms with Crippen molar-refractivity contribution in [2.75, 3.05) is 7.05 Å². The molecule has 1 saturated carbocycles. The molecule has 2 aliphatic rings. The van der Waals surface area contributed by atoms with Crippen LogP contribution in [0.1, 0.15) is 63.4 Å². The second kappa shape index (κ2) is 5.50. The summed E-state index contributed by atoms with van der Waals surface area (Å²) in [6.07, 6.45) is 7.01. The van der Waals surface area contributed by atoms with Gasteiger partial charge in [0, 0.05) is 23.9 Å². The molecule has 0 saturated heterocycles. The van der Waals surface area contributed by atoms with Crippen LogP contribution in [0.25, 0.3) is 0 Å². The van der Waals surface area contributed by atoms with Crippen molar-refractivity contribution in [2.45, 2.75) is 51.0 Å². The first-order chi connectivity index (χ1) is 10.7. The predicted molar refractivity (Wildman–Crippen MR) is 83.0 cm³/mol. The van der Waals surface area contributed by atoms with E-state index < -0.39 is 0 Å². The first-order valence-corrected chi connectivity index (χ1v) is 8.72. The van der Waals surface area contributed by atoms with Crippen LogP contribution in [-0.4, -0.2) is 28.0 Å². The average molecular weight is 317 g/mol. The Hall–Kier alpha value is -1.69. The lowest BCUT2D eigenvalue weighted by Gasteiger charge is -2.13. The van der Waals surface area contributed by atoms with E-state index in [1.807, 2.05) is 0 Å². The minimum atomic E-state index is -0.118. The smallest absolute Gasteiger partial charge is 0.292 e. The molecule has 0 radical (unpaired) electrons. The van der Waals surface area contributed by atoms with Crippen molar-refractivity contribution in [3.8, 4) is 0 Å². The molecular weight excluding hydrogens is 298 g/mol. The van der Waals surface area contributed by atoms with Crippen molar-refractivity contribution >= 4 is 17.2 Å². The highest BCUT2D eigenvalue weighted by atomic mass is 32.1. The SMILES string of the molecule is CN(Cc1nc2c(s1)CCCC2)C(=O)c1cc(C2CC2)no1. The summed E-state index contributed by atoms with van der Waals surface area (Å²) in [6.45, 7) is 0.538. The van der Waals surface area contributed by atoms with Gasteiger partial charge in [-0.15, -0.1) is 11.3 Å². The zero-order valence-electron chi connectivity index (χ0n) is 12.7. The van der Waals surface area contributed by atoms with Crippen molar-refractivity contribution in [3.05, 3.63) is 33.1 Å². The molecule has 2 aromatic heterocycles. The van der Waals surface area contributed by atoms with Crippen molar-refractivity contribution in [2.24, 2.45) is 0 Å². The second-order valence-electron chi connectivity index (χ2n) is 6.24. The minimum Gasteiger partial charge on any atom is -0.351 e. The number of hydrogen-bond acceptors (Lipinski definition) is 5. The number of amides is 1. The van der Waals surface area contributed by atoms with Gasteiger partial charge >= 0.3 is 0 Å². The van der Waals surface area contributed by atoms with Crippen LogP contribution in [-0.2, 0) is 19.4 Å². The Labute approximate surface area is 133 Å². The molecular formula is C16H19N3O2S. The summed E-state index contributed by atoms with van der Waals surface area (Å²) in [5.41, 5.74) is 2.16. The number of fused-ring (bicyclic) bond motifs is 1. The fraction of sp³-hybridized carbons (Fsp3) is 0.562. The molecule has 2 aromatic rings. The van der Waals surface area contributed by atoms with Crippen molar-refractivity contribution in [1.82, 2.24) is 15.0 Å². The average Bonchev–Trinajstić information content (AvgIpc) is 3.11. The Morgan fingerprint density at radius 2 is 2.23 bits per heavy atom. The fourth-order valence-electron chi connectivity index (χ4n) is 2.90. The minimum absolute atomic E-state index is 0.118. The first-order valence-electron chi connectivity index (χ1n) is 7.90. The summed E-state index contributed by atoms with van der Waals surface area (Å²) >= 11 is 1.75. The number of carbonyl (C=O) groups is 1. The van der Waals surface area contributed by atoms with E-state index in [1.165, 1.54) is 23.4 Å². The van der Waals surface area contributed by atoms with E-state index >= 15 is 0 Å². The summed E-state index contributed by atoms with van der Waals surface area (Å²) in [6, 6.07) is 1.80. The molecule has 1 amide bonds. The van der Waals surface area contributed by atoms with Crippen LogP contribution in [0, 0.1) is 0 Å². The van der Waals surface area contributed by atoms with Gasteiger partial charge in [0.15, 0.2) is 0 Å². The van der Waals surface area contributed by atoms with E-state index in [9.17, 15) is 4.79 Å². The third kappa shape index (κ3) is 2.67. The highest BCUT2D eigenvalue weighted by Gasteiger charge is 2.29. The van der Waals surface area contributed by atoms with Crippen LogP contribution in [0.4, 0.5) is 0 Å². The standard InChI is InChI=1S/C16H19N3O2S/c1-19(9-15-17-11-4-2-3-5-14(11)22-15)16(20)13-8-12(18-21-13)10-6-7-10/h8,10H,2-7,9H2,1H3. The molecule has 4 rings (SSSR count). The molecule has 2 heterocycles. The van der Waals surface area contributed by atoms with E-state index in [4.69, 9.17) is 4.52 Å². The number of nitrogens with zero attached hydrogens (tertiary/aromatic N) is 3. The van der Waals surface area contributed by atoms with Crippen LogP contribution < -0.4 is 0 Å². The van der Waals surface area contributed by atoms with Gasteiger partial charge in [0.25, 0.3) is 5.91 Å². The second-order valence-corrected chi connectivity index (χ2v) is 7.40. The van der Waals surface area contributed by atoms with Crippen LogP contribution in [0.3, 0.4) is 0 Å². The van der Waals surface area contributed by atoms with Gasteiger partial charge in [-0.05, 0) is 38.5 Å². The van der Waals surface area contributed by atoms with Gasteiger partial charge in [0.1, 0.15) is 5.01 Å². The summed E-state index contributed by atoms with van der Waals surface area (Å²) in [5.74, 6) is 0.722. The third-order valence-corrected chi connectivity index (χ3v) is 5.49. The van der Waals surface area contributed by atoms with Gasteiger partial charge in [-0.2, -0.15) is 0 Å². The Morgan fingerprint density at radius 3 is 3.00 bits per heavy atom. The quantitative estimate of drug-likeness (QED) is 0.869. The maximum absolute atomic E-state index is 12.4. The Morgan fingerprint density at radius 1 is 1.41 bits per heavy atom. The van der Waals surface area contributed by atoms with Crippen LogP contribution in [0.15, 0.2) is 10.6 Å². The normalized spacial score (nSPS) is 17.3. The molecule has 2 aliphatic carbocycles. The molecule has 1 fully saturated rings. The van der Waals surface area contributed by atoms with Gasteiger partial charge in [0.05, 0.1) is 17.9 Å². The Balaban J connectivity index is 1.45. The molecule has 5 nitrogen and oxygen atoms in total. The molecule has 0 unspecified atom stereocenters. The molecule has 116 valence electrons. The number of hydrogen-bond donors (Lipinski definition) is 0. The number of thiazole rings is 1. The maximum atomic E-state index is 12.4. The molecule has 0 spiro atoms. The zero-order chi connectivity index (χ0) is 15.1. The lowest BCUT2D eigenvalue weighted by atomic mass is 10.0. The molecule has 0 atom stereocenters. The Kier molecular flexibility index (Phi) is 3.48. The molecule has 0 bridgehead atoms. The zero-order valence-corrected chi connectivity index (χ0v) is 13.5. The number of rotatable bonds is 4. The van der Waals surface area contributed by atoms with Crippen LogP contribution >= 0.6 is 11.3 Å². The summed E-state index contributed by atoms with van der Waals surface area (Å²) in [7, 11) is 1.79. The number of aromatic nitrogens is 2. The largest absolute Gasteiger partial charge is 0.351 e. The van der Waals surface area contributed by atoms with Crippen LogP contribution in [0.2, 0.25) is 0 Å². The fourth-order valence-corrected chi connectivity index (χ4v) is 4.11. The van der Waals surface area contributed by atoms with Gasteiger partial charge in [-0.25, -0.2) is 4.98 Å². The highest BCUT2D eigenvalue weighted by molar-refractivity contribution is 7.11. The van der Waals surface area contributed by atoms with Crippen molar-refractivity contribution in [3.63, 3.8) is 0 Å². The van der Waals surface area contributed by atoms with Gasteiger partial charge in [0.2, 0.25) is 5.76 Å². The summed E-state index contributed by atoms with van der Waals surface area (Å²) in [5, 5.41) is 5.02. The van der Waals surface area contributed by atoms with E-state index in [2.05, 4.69) is 10.1 Å². The molecule has 6 heteroatoms. The van der Waals surface area contributed by atoms with Gasteiger partial charge in [-0.3, -0.25) is 4.79 Å². The summed E-state index contributed by atoms with van der Waals surface area (Å²) in [4.78, 5) is 20.2. The lowest BCUT2D eigenvalue weighted by Crippen LogP contribution is -2.25. The van der Waals surface area contributed by atoms with E-state index in [-0.39, 0.29) is 5.91 Å². The maximum Gasteiger partial charge on any atom is 0.292 e. The van der Waals surface area contributed by atoms with Crippen molar-refractivity contribution in [1.29, 1.82) is 0 Å². The van der Waals surface area contributed by atoms with E-state index in [1.54, 1.807) is 29.4 Å². The van der Waals surface area contributed by atoms with E-state index in [0.717, 1.165) is 36.4 Å². The molecule has 0 aromatic carbocycles. The van der Waals surface area contributed by atoms with Crippen LogP contribution in [0.5, 0.6) is 0 Å². The molecule has 0 N–H and O–H groups in total. The Bertz CT molecular complexity index is 679. The molecule has 22 heavy (non-hydrogen) atoms. The van der Waals surface area contributed by atoms with E-state index in [0.29, 0.717) is 18.2 Å². The number of aryl methyl sites for hydroxylation is 2. The highest BCUT2D eigenvalue weighted by Crippen LogP contribution is 2.39. The topological polar surface area (TPSA) is 59.2 Å². The number of carbonyl (C=O) groups excluding carboxylic acids is 1. The van der Waals surface area contributed by atoms with Crippen molar-refractivity contribution < 1.29 is 9.32 Å².